The number of Topliss-reactive ketones (excluding diaryl/α,β-unsaturated/α-hetero) is 2. The summed E-state index contributed by atoms with van der Waals surface area (Å²) in [7, 11) is 0. The third kappa shape index (κ3) is 3.28. The number of rotatable bonds is 4. The highest BCUT2D eigenvalue weighted by Crippen LogP contribution is 2.36. The first-order valence-electron chi connectivity index (χ1n) is 10.6. The van der Waals surface area contributed by atoms with Gasteiger partial charge in [0, 0.05) is 27.6 Å². The Labute approximate surface area is 185 Å². The van der Waals surface area contributed by atoms with Crippen molar-refractivity contribution >= 4 is 39.3 Å². The molecule has 5 rings (SSSR count). The van der Waals surface area contributed by atoms with Gasteiger partial charge in [0.25, 0.3) is 0 Å². The monoisotopic (exact) mass is 426 g/mol. The number of aryl methyl sites for hydroxylation is 3. The minimum Gasteiger partial charge on any atom is -0.455 e. The SMILES string of the molecule is CCc1cc2c(cc1CC)C(=O)C(=Cc1cc3oc(-c4ccc(C)cc4)cc3s1)C2=O. The maximum Gasteiger partial charge on any atom is 0.197 e. The number of carbonyl (C=O) groups excluding carboxylic acids is 2. The van der Waals surface area contributed by atoms with Crippen LogP contribution in [0.3, 0.4) is 0 Å². The molecule has 3 nitrogen and oxygen atoms in total. The molecule has 4 aromatic rings. The third-order valence-electron chi connectivity index (χ3n) is 5.93. The molecule has 0 radical (unpaired) electrons. The van der Waals surface area contributed by atoms with Crippen molar-refractivity contribution in [1.29, 1.82) is 0 Å². The second-order valence-corrected chi connectivity index (χ2v) is 9.06. The summed E-state index contributed by atoms with van der Waals surface area (Å²) in [6, 6.07) is 15.9. The molecule has 2 aromatic carbocycles. The van der Waals surface area contributed by atoms with E-state index in [1.807, 2.05) is 36.4 Å². The number of hydrogen-bond acceptors (Lipinski definition) is 4. The molecule has 31 heavy (non-hydrogen) atoms. The maximum atomic E-state index is 13.0. The lowest BCUT2D eigenvalue weighted by molar-refractivity contribution is 0.0990. The normalized spacial score (nSPS) is 13.3. The minimum atomic E-state index is -0.178. The minimum absolute atomic E-state index is 0.178. The fraction of sp³-hybridized carbons (Fsp3) is 0.185. The van der Waals surface area contributed by atoms with E-state index >= 15 is 0 Å². The van der Waals surface area contributed by atoms with Gasteiger partial charge in [-0.25, -0.2) is 0 Å². The Balaban J connectivity index is 1.50. The second-order valence-electron chi connectivity index (χ2n) is 7.94. The molecule has 2 heterocycles. The van der Waals surface area contributed by atoms with E-state index in [1.165, 1.54) is 16.9 Å². The van der Waals surface area contributed by atoms with Crippen LogP contribution in [0.5, 0.6) is 0 Å². The lowest BCUT2D eigenvalue weighted by Gasteiger charge is -2.07. The summed E-state index contributed by atoms with van der Waals surface area (Å²) >= 11 is 1.53. The fourth-order valence-electron chi connectivity index (χ4n) is 4.18. The molecule has 0 atom stereocenters. The van der Waals surface area contributed by atoms with Gasteiger partial charge in [-0.2, -0.15) is 0 Å². The number of carbonyl (C=O) groups is 2. The van der Waals surface area contributed by atoms with Gasteiger partial charge in [0.15, 0.2) is 11.6 Å². The van der Waals surface area contributed by atoms with Gasteiger partial charge in [0.2, 0.25) is 0 Å². The zero-order valence-electron chi connectivity index (χ0n) is 17.7. The van der Waals surface area contributed by atoms with Crippen molar-refractivity contribution in [3.63, 3.8) is 0 Å². The van der Waals surface area contributed by atoms with E-state index in [2.05, 4.69) is 32.9 Å². The molecule has 154 valence electrons. The highest BCUT2D eigenvalue weighted by Gasteiger charge is 2.34. The lowest BCUT2D eigenvalue weighted by atomic mass is 9.96. The van der Waals surface area contributed by atoms with E-state index in [0.717, 1.165) is 50.5 Å². The van der Waals surface area contributed by atoms with Crippen molar-refractivity contribution in [2.45, 2.75) is 33.6 Å². The van der Waals surface area contributed by atoms with E-state index in [0.29, 0.717) is 11.1 Å². The van der Waals surface area contributed by atoms with Crippen LogP contribution in [0.4, 0.5) is 0 Å². The van der Waals surface area contributed by atoms with Crippen molar-refractivity contribution in [3.05, 3.63) is 86.8 Å². The quantitative estimate of drug-likeness (QED) is 0.259. The van der Waals surface area contributed by atoms with Gasteiger partial charge in [-0.1, -0.05) is 43.7 Å². The summed E-state index contributed by atoms with van der Waals surface area (Å²) in [6.45, 7) is 6.20. The summed E-state index contributed by atoms with van der Waals surface area (Å²) in [5, 5.41) is 0. The standard InChI is InChI=1S/C27H22O3S/c1-4-16-10-20-21(11-17(16)5-2)27(29)22(26(20)28)12-19-13-24-25(31-19)14-23(30-24)18-8-6-15(3)7-9-18/h6-14H,4-5H2,1-3H3. The summed E-state index contributed by atoms with van der Waals surface area (Å²) < 4.78 is 7.03. The Morgan fingerprint density at radius 1 is 0.871 bits per heavy atom. The fourth-order valence-corrected chi connectivity index (χ4v) is 5.14. The smallest absolute Gasteiger partial charge is 0.197 e. The summed E-state index contributed by atoms with van der Waals surface area (Å²) in [6.07, 6.45) is 3.41. The number of thiophene rings is 1. The van der Waals surface area contributed by atoms with Crippen molar-refractivity contribution < 1.29 is 14.0 Å². The molecule has 2 aromatic heterocycles. The lowest BCUT2D eigenvalue weighted by Crippen LogP contribution is -1.99. The number of hydrogen-bond donors (Lipinski definition) is 0. The molecule has 0 aliphatic heterocycles. The third-order valence-corrected chi connectivity index (χ3v) is 6.94. The highest BCUT2D eigenvalue weighted by molar-refractivity contribution is 7.19. The summed E-state index contributed by atoms with van der Waals surface area (Å²) in [5.41, 5.74) is 6.59. The van der Waals surface area contributed by atoms with Crippen LogP contribution in [0.2, 0.25) is 0 Å². The zero-order chi connectivity index (χ0) is 21.7. The zero-order valence-corrected chi connectivity index (χ0v) is 18.6. The predicted octanol–water partition coefficient (Wildman–Crippen LogP) is 7.06. The molecule has 0 spiro atoms. The first-order chi connectivity index (χ1) is 15.0. The maximum absolute atomic E-state index is 13.0. The molecular weight excluding hydrogens is 404 g/mol. The van der Waals surface area contributed by atoms with E-state index in [4.69, 9.17) is 4.42 Å². The van der Waals surface area contributed by atoms with Gasteiger partial charge in [-0.05, 0) is 55.2 Å². The van der Waals surface area contributed by atoms with Crippen LogP contribution in [0.25, 0.3) is 27.7 Å². The Hall–Kier alpha value is -3.24. The second kappa shape index (κ2) is 7.47. The Kier molecular flexibility index (Phi) is 4.75. The van der Waals surface area contributed by atoms with Crippen LogP contribution in [-0.2, 0) is 12.8 Å². The number of allylic oxidation sites excluding steroid dienone is 1. The molecule has 0 saturated heterocycles. The number of fused-ring (bicyclic) bond motifs is 2. The van der Waals surface area contributed by atoms with Crippen LogP contribution in [-0.4, -0.2) is 11.6 Å². The van der Waals surface area contributed by atoms with Gasteiger partial charge in [0.1, 0.15) is 11.3 Å². The van der Waals surface area contributed by atoms with Crippen LogP contribution in [0, 0.1) is 6.92 Å². The van der Waals surface area contributed by atoms with Gasteiger partial charge >= 0.3 is 0 Å². The Morgan fingerprint density at radius 3 is 2.03 bits per heavy atom. The Morgan fingerprint density at radius 2 is 1.48 bits per heavy atom. The number of benzene rings is 2. The summed E-state index contributed by atoms with van der Waals surface area (Å²) in [4.78, 5) is 26.8. The van der Waals surface area contributed by atoms with Crippen LogP contribution in [0.15, 0.2) is 58.5 Å². The molecule has 0 bridgehead atoms. The van der Waals surface area contributed by atoms with Crippen molar-refractivity contribution in [2.24, 2.45) is 0 Å². The first-order valence-corrected chi connectivity index (χ1v) is 11.4. The first kappa shape index (κ1) is 19.7. The average Bonchev–Trinajstić information content (AvgIpc) is 3.40. The highest BCUT2D eigenvalue weighted by atomic mass is 32.1. The van der Waals surface area contributed by atoms with Crippen LogP contribution < -0.4 is 0 Å². The van der Waals surface area contributed by atoms with E-state index < -0.39 is 0 Å². The molecular formula is C27H22O3S. The van der Waals surface area contributed by atoms with E-state index in [1.54, 1.807) is 6.08 Å². The average molecular weight is 427 g/mol. The van der Waals surface area contributed by atoms with Crippen molar-refractivity contribution in [2.75, 3.05) is 0 Å². The van der Waals surface area contributed by atoms with Gasteiger partial charge in [-0.3, -0.25) is 9.59 Å². The van der Waals surface area contributed by atoms with Gasteiger partial charge < -0.3 is 4.42 Å². The molecule has 0 saturated carbocycles. The summed E-state index contributed by atoms with van der Waals surface area (Å²) in [5.74, 6) is 0.463. The van der Waals surface area contributed by atoms with E-state index in [-0.39, 0.29) is 17.1 Å². The van der Waals surface area contributed by atoms with Crippen molar-refractivity contribution in [3.8, 4) is 11.3 Å². The number of ketones is 2. The molecule has 1 aliphatic carbocycles. The van der Waals surface area contributed by atoms with Crippen LogP contribution >= 0.6 is 11.3 Å². The molecule has 0 fully saturated rings. The van der Waals surface area contributed by atoms with Gasteiger partial charge in [0.05, 0.1) is 10.3 Å². The molecule has 0 unspecified atom stereocenters. The molecule has 0 N–H and O–H groups in total. The number of furan rings is 1. The van der Waals surface area contributed by atoms with E-state index in [9.17, 15) is 9.59 Å². The topological polar surface area (TPSA) is 47.3 Å². The molecule has 0 amide bonds. The van der Waals surface area contributed by atoms with Gasteiger partial charge in [-0.15, -0.1) is 11.3 Å². The van der Waals surface area contributed by atoms with Crippen LogP contribution in [0.1, 0.15) is 56.1 Å². The Bertz CT molecular complexity index is 1300. The largest absolute Gasteiger partial charge is 0.455 e. The van der Waals surface area contributed by atoms with Crippen molar-refractivity contribution in [1.82, 2.24) is 0 Å². The molecule has 1 aliphatic rings. The predicted molar refractivity (Wildman–Crippen MR) is 126 cm³/mol. The molecule has 4 heteroatoms.